The highest BCUT2D eigenvalue weighted by molar-refractivity contribution is 6.29. The van der Waals surface area contributed by atoms with E-state index in [1.165, 1.54) is 6.07 Å². The van der Waals surface area contributed by atoms with Crippen LogP contribution in [0.2, 0.25) is 5.15 Å². The first kappa shape index (κ1) is 13.4. The normalized spacial score (nSPS) is 20.1. The molecule has 1 aliphatic heterocycles. The van der Waals surface area contributed by atoms with Crippen LogP contribution in [0.15, 0.2) is 6.07 Å². The predicted octanol–water partition coefficient (Wildman–Crippen LogP) is 2.60. The van der Waals surface area contributed by atoms with Crippen LogP contribution in [0.25, 0.3) is 0 Å². The molecule has 0 saturated carbocycles. The van der Waals surface area contributed by atoms with Crippen molar-refractivity contribution >= 4 is 17.4 Å². The van der Waals surface area contributed by atoms with Crippen LogP contribution >= 0.6 is 11.6 Å². The number of nitrogens with one attached hydrogen (secondary N) is 1. The highest BCUT2D eigenvalue weighted by atomic mass is 35.5. The van der Waals surface area contributed by atoms with Crippen molar-refractivity contribution in [3.63, 3.8) is 0 Å². The van der Waals surface area contributed by atoms with Crippen LogP contribution in [0.4, 0.5) is 19.0 Å². The number of halogens is 4. The molecule has 100 valence electrons. The SMILES string of the molecule is FC(F)(F)c1nc(Cl)cc(NCC2CCOC2)n1. The molecular formula is C10H11ClF3N3O. The third kappa shape index (κ3) is 3.46. The lowest BCUT2D eigenvalue weighted by Gasteiger charge is -2.12. The molecule has 2 rings (SSSR count). The largest absolute Gasteiger partial charge is 0.451 e. The fraction of sp³-hybridized carbons (Fsp3) is 0.600. The average molecular weight is 282 g/mol. The zero-order valence-corrected chi connectivity index (χ0v) is 10.1. The molecule has 1 atom stereocenters. The smallest absolute Gasteiger partial charge is 0.381 e. The standard InChI is InChI=1S/C10H11ClF3N3O/c11-7-3-8(15-4-6-1-2-18-5-6)17-9(16-7)10(12,13)14/h3,6H,1-2,4-5H2,(H,15,16,17). The fourth-order valence-electron chi connectivity index (χ4n) is 1.63. The summed E-state index contributed by atoms with van der Waals surface area (Å²) >= 11 is 5.54. The van der Waals surface area contributed by atoms with Gasteiger partial charge in [0.1, 0.15) is 11.0 Å². The molecule has 2 heterocycles. The number of aromatic nitrogens is 2. The Balaban J connectivity index is 2.05. The molecule has 4 nitrogen and oxygen atoms in total. The summed E-state index contributed by atoms with van der Waals surface area (Å²) in [4.78, 5) is 6.54. The van der Waals surface area contributed by atoms with Gasteiger partial charge in [-0.1, -0.05) is 11.6 Å². The van der Waals surface area contributed by atoms with E-state index in [0.29, 0.717) is 19.8 Å². The third-order valence-electron chi connectivity index (χ3n) is 2.54. The second kappa shape index (κ2) is 5.27. The zero-order valence-electron chi connectivity index (χ0n) is 9.30. The van der Waals surface area contributed by atoms with E-state index in [1.54, 1.807) is 0 Å². The minimum Gasteiger partial charge on any atom is -0.381 e. The van der Waals surface area contributed by atoms with Gasteiger partial charge in [0.2, 0.25) is 5.82 Å². The maximum absolute atomic E-state index is 12.5. The molecule has 1 aromatic heterocycles. The first-order valence-electron chi connectivity index (χ1n) is 5.38. The van der Waals surface area contributed by atoms with Gasteiger partial charge >= 0.3 is 6.18 Å². The number of rotatable bonds is 3. The van der Waals surface area contributed by atoms with Gasteiger partial charge in [0.05, 0.1) is 6.61 Å². The number of ether oxygens (including phenoxy) is 1. The lowest BCUT2D eigenvalue weighted by molar-refractivity contribution is -0.144. The molecule has 1 unspecified atom stereocenters. The zero-order chi connectivity index (χ0) is 13.2. The molecule has 0 radical (unpaired) electrons. The van der Waals surface area contributed by atoms with Gasteiger partial charge in [-0.3, -0.25) is 0 Å². The molecule has 8 heteroatoms. The van der Waals surface area contributed by atoms with Gasteiger partial charge in [-0.05, 0) is 6.42 Å². The summed E-state index contributed by atoms with van der Waals surface area (Å²) in [6.45, 7) is 1.80. The Morgan fingerprint density at radius 2 is 2.22 bits per heavy atom. The number of anilines is 1. The third-order valence-corrected chi connectivity index (χ3v) is 2.74. The van der Waals surface area contributed by atoms with Crippen LogP contribution in [0.3, 0.4) is 0 Å². The molecule has 0 aliphatic carbocycles. The highest BCUT2D eigenvalue weighted by Crippen LogP contribution is 2.28. The van der Waals surface area contributed by atoms with E-state index in [-0.39, 0.29) is 16.9 Å². The van der Waals surface area contributed by atoms with Crippen molar-refractivity contribution in [2.75, 3.05) is 25.1 Å². The van der Waals surface area contributed by atoms with Crippen LogP contribution < -0.4 is 5.32 Å². The molecule has 1 aromatic rings. The Hall–Kier alpha value is -1.08. The fourth-order valence-corrected chi connectivity index (χ4v) is 1.81. The van der Waals surface area contributed by atoms with Gasteiger partial charge in [-0.2, -0.15) is 13.2 Å². The molecule has 1 aliphatic rings. The summed E-state index contributed by atoms with van der Waals surface area (Å²) in [5, 5.41) is 2.59. The van der Waals surface area contributed by atoms with E-state index in [1.807, 2.05) is 0 Å². The van der Waals surface area contributed by atoms with Crippen molar-refractivity contribution < 1.29 is 17.9 Å². The summed E-state index contributed by atoms with van der Waals surface area (Å²) in [6, 6.07) is 1.27. The lowest BCUT2D eigenvalue weighted by Crippen LogP contribution is -2.17. The Labute approximate surface area is 107 Å². The number of hydrogen-bond donors (Lipinski definition) is 1. The van der Waals surface area contributed by atoms with E-state index in [2.05, 4.69) is 15.3 Å². The van der Waals surface area contributed by atoms with Gasteiger partial charge in [0, 0.05) is 25.1 Å². The number of nitrogens with zero attached hydrogens (tertiary/aromatic N) is 2. The van der Waals surface area contributed by atoms with Crippen molar-refractivity contribution in [3.05, 3.63) is 17.0 Å². The van der Waals surface area contributed by atoms with Gasteiger partial charge in [0.15, 0.2) is 0 Å². The van der Waals surface area contributed by atoms with E-state index in [0.717, 1.165) is 6.42 Å². The van der Waals surface area contributed by atoms with Crippen LogP contribution in [0.1, 0.15) is 12.2 Å². The van der Waals surface area contributed by atoms with E-state index >= 15 is 0 Å². The second-order valence-electron chi connectivity index (χ2n) is 4.01. The minimum absolute atomic E-state index is 0.0780. The van der Waals surface area contributed by atoms with Crippen molar-refractivity contribution in [2.24, 2.45) is 5.92 Å². The monoisotopic (exact) mass is 281 g/mol. The summed E-state index contributed by atoms with van der Waals surface area (Å²) in [5.41, 5.74) is 0. The predicted molar refractivity (Wildman–Crippen MR) is 59.5 cm³/mol. The molecule has 1 saturated heterocycles. The Morgan fingerprint density at radius 3 is 2.83 bits per heavy atom. The molecule has 0 aromatic carbocycles. The van der Waals surface area contributed by atoms with Gasteiger partial charge in [0.25, 0.3) is 0 Å². The maximum Gasteiger partial charge on any atom is 0.451 e. The number of hydrogen-bond acceptors (Lipinski definition) is 4. The summed E-state index contributed by atoms with van der Waals surface area (Å²) in [6.07, 6.45) is -3.71. The van der Waals surface area contributed by atoms with Crippen LogP contribution in [-0.4, -0.2) is 29.7 Å². The molecule has 1 N–H and O–H groups in total. The van der Waals surface area contributed by atoms with E-state index in [9.17, 15) is 13.2 Å². The number of alkyl halides is 3. The Morgan fingerprint density at radius 1 is 1.44 bits per heavy atom. The quantitative estimate of drug-likeness (QED) is 0.865. The molecular weight excluding hydrogens is 271 g/mol. The summed E-state index contributed by atoms with van der Waals surface area (Å²) < 4.78 is 42.5. The molecule has 18 heavy (non-hydrogen) atoms. The average Bonchev–Trinajstić information content (AvgIpc) is 2.77. The van der Waals surface area contributed by atoms with Gasteiger partial charge in [-0.25, -0.2) is 9.97 Å². The van der Waals surface area contributed by atoms with Crippen molar-refractivity contribution in [3.8, 4) is 0 Å². The van der Waals surface area contributed by atoms with Crippen molar-refractivity contribution in [2.45, 2.75) is 12.6 Å². The first-order chi connectivity index (χ1) is 8.45. The maximum atomic E-state index is 12.5. The summed E-state index contributed by atoms with van der Waals surface area (Å²) in [7, 11) is 0. The van der Waals surface area contributed by atoms with Crippen LogP contribution in [0, 0.1) is 5.92 Å². The highest BCUT2D eigenvalue weighted by Gasteiger charge is 2.35. The Kier molecular flexibility index (Phi) is 3.91. The van der Waals surface area contributed by atoms with Crippen LogP contribution in [-0.2, 0) is 10.9 Å². The van der Waals surface area contributed by atoms with Crippen LogP contribution in [0.5, 0.6) is 0 Å². The molecule has 0 spiro atoms. The summed E-state index contributed by atoms with van der Waals surface area (Å²) in [5.74, 6) is -0.873. The molecule has 0 amide bonds. The minimum atomic E-state index is -4.60. The van der Waals surface area contributed by atoms with Gasteiger partial charge in [-0.15, -0.1) is 0 Å². The molecule has 1 fully saturated rings. The lowest BCUT2D eigenvalue weighted by atomic mass is 10.1. The Bertz CT molecular complexity index is 421. The second-order valence-corrected chi connectivity index (χ2v) is 4.40. The van der Waals surface area contributed by atoms with Gasteiger partial charge < -0.3 is 10.1 Å². The first-order valence-corrected chi connectivity index (χ1v) is 5.76. The van der Waals surface area contributed by atoms with Crippen molar-refractivity contribution in [1.82, 2.24) is 9.97 Å². The molecule has 0 bridgehead atoms. The topological polar surface area (TPSA) is 47.0 Å². The van der Waals surface area contributed by atoms with E-state index in [4.69, 9.17) is 16.3 Å². The van der Waals surface area contributed by atoms with E-state index < -0.39 is 12.0 Å². The van der Waals surface area contributed by atoms with Crippen molar-refractivity contribution in [1.29, 1.82) is 0 Å².